The number of halogens is 1. The molecule has 1 aliphatic heterocycles. The molecule has 182 valence electrons. The van der Waals surface area contributed by atoms with Gasteiger partial charge in [0.05, 0.1) is 29.5 Å². The number of hydrogen-bond donors (Lipinski definition) is 4. The van der Waals surface area contributed by atoms with Crippen LogP contribution in [0.15, 0.2) is 61.2 Å². The van der Waals surface area contributed by atoms with Crippen LogP contribution in [0, 0.1) is 5.82 Å². The van der Waals surface area contributed by atoms with E-state index in [0.29, 0.717) is 28.3 Å². The maximum Gasteiger partial charge on any atom is 0.155 e. The molecule has 0 amide bonds. The van der Waals surface area contributed by atoms with Crippen molar-refractivity contribution < 1.29 is 9.50 Å². The summed E-state index contributed by atoms with van der Waals surface area (Å²) in [6.07, 6.45) is 6.82. The smallest absolute Gasteiger partial charge is 0.155 e. The lowest BCUT2D eigenvalue weighted by atomic mass is 10.1. The van der Waals surface area contributed by atoms with E-state index in [9.17, 15) is 9.50 Å². The first-order valence-corrected chi connectivity index (χ1v) is 11.7. The first-order chi connectivity index (χ1) is 18.0. The number of fused-ring (bicyclic) bond motifs is 2. The molecule has 10 nitrogen and oxygen atoms in total. The fraction of sp³-hybridized carbons (Fsp3) is 0.115. The van der Waals surface area contributed by atoms with Crippen LogP contribution < -0.4 is 10.6 Å². The van der Waals surface area contributed by atoms with Crippen LogP contribution in [0.5, 0.6) is 5.75 Å². The first-order valence-electron chi connectivity index (χ1n) is 11.7. The van der Waals surface area contributed by atoms with Gasteiger partial charge in [0, 0.05) is 65.0 Å². The van der Waals surface area contributed by atoms with Gasteiger partial charge in [-0.05, 0) is 30.3 Å². The van der Waals surface area contributed by atoms with Gasteiger partial charge >= 0.3 is 0 Å². The highest BCUT2D eigenvalue weighted by molar-refractivity contribution is 6.00. The lowest BCUT2D eigenvalue weighted by Gasteiger charge is -2.37. The molecule has 7 rings (SSSR count). The predicted molar refractivity (Wildman–Crippen MR) is 137 cm³/mol. The Hall–Kier alpha value is -4.90. The van der Waals surface area contributed by atoms with Gasteiger partial charge in [-0.3, -0.25) is 15.1 Å². The van der Waals surface area contributed by atoms with Crippen molar-refractivity contribution in [3.63, 3.8) is 0 Å². The SMILES string of the molecule is NC1CN(c2cncc(-c3cnc4[nH]nc(-c5cc6c(-c7cc(O)cc(F)c7)nccc6[nH]5)c4c3)n2)C1. The Morgan fingerprint density at radius 1 is 0.973 bits per heavy atom. The predicted octanol–water partition coefficient (Wildman–Crippen LogP) is 3.62. The van der Waals surface area contributed by atoms with E-state index in [1.165, 1.54) is 12.1 Å². The second kappa shape index (κ2) is 8.07. The van der Waals surface area contributed by atoms with E-state index in [-0.39, 0.29) is 11.8 Å². The van der Waals surface area contributed by atoms with E-state index >= 15 is 0 Å². The topological polar surface area (TPSA) is 146 Å². The summed E-state index contributed by atoms with van der Waals surface area (Å²) in [5, 5.41) is 19.0. The number of rotatable bonds is 4. The van der Waals surface area contributed by atoms with Gasteiger partial charge in [0.2, 0.25) is 0 Å². The molecule has 6 heterocycles. The number of aromatic nitrogens is 7. The number of aromatic hydroxyl groups is 1. The fourth-order valence-electron chi connectivity index (χ4n) is 4.72. The number of nitrogens with two attached hydrogens (primary N) is 1. The summed E-state index contributed by atoms with van der Waals surface area (Å²) in [5.74, 6) is 0.0851. The fourth-order valence-corrected chi connectivity index (χ4v) is 4.72. The summed E-state index contributed by atoms with van der Waals surface area (Å²) in [6.45, 7) is 1.52. The zero-order valence-corrected chi connectivity index (χ0v) is 19.4. The summed E-state index contributed by atoms with van der Waals surface area (Å²) in [5.41, 5.74) is 11.3. The summed E-state index contributed by atoms with van der Waals surface area (Å²) < 4.78 is 14.0. The van der Waals surface area contributed by atoms with Crippen LogP contribution in [-0.4, -0.2) is 59.4 Å². The number of pyridine rings is 2. The van der Waals surface area contributed by atoms with Gasteiger partial charge in [0.1, 0.15) is 23.1 Å². The van der Waals surface area contributed by atoms with Crippen molar-refractivity contribution in [2.75, 3.05) is 18.0 Å². The van der Waals surface area contributed by atoms with Gasteiger partial charge in [-0.15, -0.1) is 0 Å². The van der Waals surface area contributed by atoms with Crippen LogP contribution in [0.25, 0.3) is 55.8 Å². The molecular weight excluding hydrogens is 473 g/mol. The molecule has 6 aromatic rings. The summed E-state index contributed by atoms with van der Waals surface area (Å²) in [7, 11) is 0. The van der Waals surface area contributed by atoms with Crippen LogP contribution >= 0.6 is 0 Å². The Kier molecular flexibility index (Phi) is 4.66. The zero-order chi connectivity index (χ0) is 25.1. The third kappa shape index (κ3) is 3.64. The molecule has 1 aliphatic rings. The number of nitrogens with one attached hydrogen (secondary N) is 2. The zero-order valence-electron chi connectivity index (χ0n) is 19.4. The van der Waals surface area contributed by atoms with Crippen LogP contribution in [0.2, 0.25) is 0 Å². The minimum atomic E-state index is -0.536. The molecule has 0 aliphatic carbocycles. The van der Waals surface area contributed by atoms with Gasteiger partial charge < -0.3 is 20.7 Å². The van der Waals surface area contributed by atoms with Crippen molar-refractivity contribution in [3.05, 3.63) is 67.0 Å². The van der Waals surface area contributed by atoms with Gasteiger partial charge in [-0.2, -0.15) is 5.10 Å². The molecule has 0 spiro atoms. The van der Waals surface area contributed by atoms with Crippen LogP contribution in [0.1, 0.15) is 0 Å². The maximum absolute atomic E-state index is 14.0. The van der Waals surface area contributed by atoms with E-state index < -0.39 is 5.82 Å². The van der Waals surface area contributed by atoms with E-state index in [2.05, 4.69) is 35.0 Å². The summed E-state index contributed by atoms with van der Waals surface area (Å²) >= 11 is 0. The third-order valence-corrected chi connectivity index (χ3v) is 6.53. The molecule has 0 saturated carbocycles. The van der Waals surface area contributed by atoms with Gasteiger partial charge in [-0.1, -0.05) is 0 Å². The average Bonchev–Trinajstić information content (AvgIpc) is 3.49. The molecule has 37 heavy (non-hydrogen) atoms. The number of benzene rings is 1. The van der Waals surface area contributed by atoms with Crippen molar-refractivity contribution in [2.45, 2.75) is 6.04 Å². The van der Waals surface area contributed by atoms with Crippen LogP contribution in [0.3, 0.4) is 0 Å². The molecule has 0 radical (unpaired) electrons. The van der Waals surface area contributed by atoms with Gasteiger partial charge in [0.15, 0.2) is 5.65 Å². The van der Waals surface area contributed by atoms with Crippen molar-refractivity contribution in [1.29, 1.82) is 0 Å². The summed E-state index contributed by atoms with van der Waals surface area (Å²) in [6, 6.07) is 9.78. The van der Waals surface area contributed by atoms with E-state index in [4.69, 9.17) is 10.7 Å². The Bertz CT molecular complexity index is 1790. The molecule has 0 unspecified atom stereocenters. The molecule has 11 heteroatoms. The Balaban J connectivity index is 1.31. The highest BCUT2D eigenvalue weighted by atomic mass is 19.1. The molecule has 0 bridgehead atoms. The van der Waals surface area contributed by atoms with Crippen molar-refractivity contribution in [3.8, 4) is 39.7 Å². The molecular formula is C26H20FN9O. The minimum Gasteiger partial charge on any atom is -0.508 e. The average molecular weight is 494 g/mol. The highest BCUT2D eigenvalue weighted by Crippen LogP contribution is 2.35. The number of phenols is 1. The maximum atomic E-state index is 14.0. The molecule has 1 fully saturated rings. The standard InChI is InChI=1S/C26H20FN9O/c27-15-3-13(4-17(37)6-15)24-18-7-21(32-20(18)1-2-30-24)25-19-5-14(8-31-26(19)35-34-25)22-9-29-10-23(33-22)36-11-16(28)12-36/h1-10,16,32,37H,11-12,28H2,(H,31,34,35). The number of phenolic OH excluding ortho intramolecular Hbond substituents is 1. The molecule has 5 N–H and O–H groups in total. The molecule has 1 saturated heterocycles. The third-order valence-electron chi connectivity index (χ3n) is 6.53. The van der Waals surface area contributed by atoms with E-state index in [0.717, 1.165) is 52.5 Å². The Labute approximate surface area is 209 Å². The number of H-pyrrole nitrogens is 2. The Morgan fingerprint density at radius 2 is 1.86 bits per heavy atom. The van der Waals surface area contributed by atoms with Crippen molar-refractivity contribution in [1.82, 2.24) is 35.1 Å². The summed E-state index contributed by atoms with van der Waals surface area (Å²) in [4.78, 5) is 23.6. The second-order valence-electron chi connectivity index (χ2n) is 9.12. The molecule has 5 aromatic heterocycles. The van der Waals surface area contributed by atoms with Crippen molar-refractivity contribution >= 4 is 27.8 Å². The first kappa shape index (κ1) is 21.4. The number of hydrogen-bond acceptors (Lipinski definition) is 8. The minimum absolute atomic E-state index is 0.161. The number of anilines is 1. The van der Waals surface area contributed by atoms with Gasteiger partial charge in [-0.25, -0.2) is 14.4 Å². The van der Waals surface area contributed by atoms with Gasteiger partial charge in [0.25, 0.3) is 0 Å². The monoisotopic (exact) mass is 493 g/mol. The normalized spacial score (nSPS) is 13.9. The van der Waals surface area contributed by atoms with Crippen LogP contribution in [0.4, 0.5) is 10.2 Å². The number of nitrogens with zero attached hydrogens (tertiary/aromatic N) is 6. The lowest BCUT2D eigenvalue weighted by Crippen LogP contribution is -2.56. The highest BCUT2D eigenvalue weighted by Gasteiger charge is 2.25. The van der Waals surface area contributed by atoms with E-state index in [1.54, 1.807) is 24.8 Å². The van der Waals surface area contributed by atoms with Crippen LogP contribution in [-0.2, 0) is 0 Å². The molecule has 1 aromatic carbocycles. The lowest BCUT2D eigenvalue weighted by molar-refractivity contribution is 0.469. The largest absolute Gasteiger partial charge is 0.508 e. The quantitative estimate of drug-likeness (QED) is 0.291. The Morgan fingerprint density at radius 3 is 2.70 bits per heavy atom. The van der Waals surface area contributed by atoms with Crippen molar-refractivity contribution in [2.24, 2.45) is 5.73 Å². The second-order valence-corrected chi connectivity index (χ2v) is 9.12. The number of aromatic amines is 2. The van der Waals surface area contributed by atoms with E-state index in [1.807, 2.05) is 18.2 Å². The molecule has 0 atom stereocenters.